The van der Waals surface area contributed by atoms with E-state index in [1.165, 1.54) is 17.5 Å². The Morgan fingerprint density at radius 2 is 2.12 bits per heavy atom. The van der Waals surface area contributed by atoms with Gasteiger partial charge in [-0.15, -0.1) is 0 Å². The molecule has 0 spiro atoms. The molecule has 3 aromatic rings. The van der Waals surface area contributed by atoms with E-state index in [1.54, 1.807) is 18.2 Å². The predicted octanol–water partition coefficient (Wildman–Crippen LogP) is 1.59. The van der Waals surface area contributed by atoms with Crippen molar-refractivity contribution in [3.8, 4) is 11.4 Å². The SMILES string of the molecule is O=C(CCc1nc(-c2ccsc2)no1)NNC(=O)c1ccccn1. The van der Waals surface area contributed by atoms with Gasteiger partial charge in [0.1, 0.15) is 5.69 Å². The zero-order valence-corrected chi connectivity index (χ0v) is 13.2. The Morgan fingerprint density at radius 3 is 2.88 bits per heavy atom. The van der Waals surface area contributed by atoms with E-state index in [1.807, 2.05) is 16.8 Å². The van der Waals surface area contributed by atoms with E-state index >= 15 is 0 Å². The lowest BCUT2D eigenvalue weighted by Crippen LogP contribution is -2.42. The van der Waals surface area contributed by atoms with Gasteiger partial charge in [0.15, 0.2) is 0 Å². The van der Waals surface area contributed by atoms with Crippen molar-refractivity contribution in [2.45, 2.75) is 12.8 Å². The highest BCUT2D eigenvalue weighted by atomic mass is 32.1. The molecule has 0 aliphatic rings. The Hall–Kier alpha value is -3.07. The summed E-state index contributed by atoms with van der Waals surface area (Å²) in [5, 5.41) is 7.69. The van der Waals surface area contributed by atoms with Gasteiger partial charge < -0.3 is 4.52 Å². The number of hydrazine groups is 1. The van der Waals surface area contributed by atoms with Gasteiger partial charge in [-0.2, -0.15) is 16.3 Å². The van der Waals surface area contributed by atoms with Crippen LogP contribution in [0.1, 0.15) is 22.8 Å². The number of nitrogens with zero attached hydrogens (tertiary/aromatic N) is 3. The zero-order chi connectivity index (χ0) is 16.8. The first-order valence-electron chi connectivity index (χ1n) is 7.08. The molecule has 3 rings (SSSR count). The average molecular weight is 343 g/mol. The van der Waals surface area contributed by atoms with Crippen molar-refractivity contribution < 1.29 is 14.1 Å². The first kappa shape index (κ1) is 15.8. The van der Waals surface area contributed by atoms with Gasteiger partial charge in [-0.3, -0.25) is 25.4 Å². The molecule has 0 bridgehead atoms. The second-order valence-electron chi connectivity index (χ2n) is 4.74. The maximum Gasteiger partial charge on any atom is 0.288 e. The number of aryl methyl sites for hydroxylation is 1. The highest BCUT2D eigenvalue weighted by molar-refractivity contribution is 7.08. The molecular formula is C15H13N5O3S. The number of carbonyl (C=O) groups is 2. The monoisotopic (exact) mass is 343 g/mol. The Kier molecular flexibility index (Phi) is 4.92. The summed E-state index contributed by atoms with van der Waals surface area (Å²) in [5.41, 5.74) is 5.71. The highest BCUT2D eigenvalue weighted by Gasteiger charge is 2.12. The van der Waals surface area contributed by atoms with Crippen LogP contribution in [0.25, 0.3) is 11.4 Å². The molecule has 0 aliphatic carbocycles. The van der Waals surface area contributed by atoms with E-state index in [2.05, 4.69) is 26.0 Å². The lowest BCUT2D eigenvalue weighted by Gasteiger charge is -2.05. The molecule has 8 nitrogen and oxygen atoms in total. The largest absolute Gasteiger partial charge is 0.339 e. The summed E-state index contributed by atoms with van der Waals surface area (Å²) in [5.74, 6) is 0.00793. The fourth-order valence-electron chi connectivity index (χ4n) is 1.84. The van der Waals surface area contributed by atoms with Crippen LogP contribution in [0.15, 0.2) is 45.7 Å². The Bertz CT molecular complexity index is 817. The molecule has 2 N–H and O–H groups in total. The quantitative estimate of drug-likeness (QED) is 0.681. The number of hydrogen-bond acceptors (Lipinski definition) is 7. The maximum atomic E-state index is 11.8. The molecule has 0 aliphatic heterocycles. The third-order valence-corrected chi connectivity index (χ3v) is 3.71. The molecule has 0 saturated carbocycles. The second-order valence-corrected chi connectivity index (χ2v) is 5.52. The minimum Gasteiger partial charge on any atom is -0.339 e. The molecule has 9 heteroatoms. The van der Waals surface area contributed by atoms with E-state index < -0.39 is 5.91 Å². The lowest BCUT2D eigenvalue weighted by molar-refractivity contribution is -0.121. The number of carbonyl (C=O) groups excluding carboxylic acids is 2. The molecular weight excluding hydrogens is 330 g/mol. The van der Waals surface area contributed by atoms with Gasteiger partial charge in [-0.25, -0.2) is 0 Å². The minimum atomic E-state index is -0.485. The van der Waals surface area contributed by atoms with Crippen LogP contribution >= 0.6 is 11.3 Å². The molecule has 0 radical (unpaired) electrons. The van der Waals surface area contributed by atoms with Gasteiger partial charge in [0.05, 0.1) is 0 Å². The maximum absolute atomic E-state index is 11.8. The van der Waals surface area contributed by atoms with Crippen LogP contribution in [-0.2, 0) is 11.2 Å². The van der Waals surface area contributed by atoms with Crippen LogP contribution in [0.4, 0.5) is 0 Å². The van der Waals surface area contributed by atoms with Crippen LogP contribution < -0.4 is 10.9 Å². The molecule has 2 amide bonds. The Labute approximate surface area is 140 Å². The second kappa shape index (κ2) is 7.47. The third kappa shape index (κ3) is 4.02. The van der Waals surface area contributed by atoms with Gasteiger partial charge >= 0.3 is 0 Å². The molecule has 3 heterocycles. The first-order chi connectivity index (χ1) is 11.7. The summed E-state index contributed by atoms with van der Waals surface area (Å²) in [6.07, 6.45) is 1.88. The Morgan fingerprint density at radius 1 is 1.21 bits per heavy atom. The first-order valence-corrected chi connectivity index (χ1v) is 8.02. The van der Waals surface area contributed by atoms with E-state index in [0.717, 1.165) is 5.56 Å². The van der Waals surface area contributed by atoms with Crippen molar-refractivity contribution in [1.29, 1.82) is 0 Å². The van der Waals surface area contributed by atoms with Gasteiger partial charge in [-0.1, -0.05) is 11.2 Å². The van der Waals surface area contributed by atoms with Crippen LogP contribution in [0.5, 0.6) is 0 Å². The number of rotatable bonds is 5. The summed E-state index contributed by atoms with van der Waals surface area (Å²) in [6, 6.07) is 6.82. The van der Waals surface area contributed by atoms with Gasteiger partial charge in [-0.05, 0) is 23.6 Å². The highest BCUT2D eigenvalue weighted by Crippen LogP contribution is 2.18. The molecule has 3 aromatic heterocycles. The molecule has 0 aromatic carbocycles. The van der Waals surface area contributed by atoms with E-state index in [-0.39, 0.29) is 24.4 Å². The van der Waals surface area contributed by atoms with E-state index in [4.69, 9.17) is 4.52 Å². The summed E-state index contributed by atoms with van der Waals surface area (Å²) in [6.45, 7) is 0. The summed E-state index contributed by atoms with van der Waals surface area (Å²) in [7, 11) is 0. The minimum absolute atomic E-state index is 0.105. The molecule has 122 valence electrons. The van der Waals surface area contributed by atoms with Crippen molar-refractivity contribution in [2.75, 3.05) is 0 Å². The van der Waals surface area contributed by atoms with Crippen LogP contribution in [0, 0.1) is 0 Å². The smallest absolute Gasteiger partial charge is 0.288 e. The number of amides is 2. The van der Waals surface area contributed by atoms with Crippen molar-refractivity contribution in [3.63, 3.8) is 0 Å². The molecule has 24 heavy (non-hydrogen) atoms. The third-order valence-electron chi connectivity index (χ3n) is 3.03. The zero-order valence-electron chi connectivity index (χ0n) is 12.4. The van der Waals surface area contributed by atoms with Crippen molar-refractivity contribution in [3.05, 3.63) is 52.8 Å². The number of thiophene rings is 1. The molecule has 0 fully saturated rings. The topological polar surface area (TPSA) is 110 Å². The summed E-state index contributed by atoms with van der Waals surface area (Å²) >= 11 is 1.54. The number of aromatic nitrogens is 3. The summed E-state index contributed by atoms with van der Waals surface area (Å²) < 4.78 is 5.10. The standard InChI is InChI=1S/C15H13N5O3S/c21-12(18-19-15(22)11-3-1-2-7-16-11)4-5-13-17-14(20-23-13)10-6-8-24-9-10/h1-3,6-9H,4-5H2,(H,18,21)(H,19,22). The van der Waals surface area contributed by atoms with Gasteiger partial charge in [0.2, 0.25) is 17.6 Å². The van der Waals surface area contributed by atoms with Crippen LogP contribution in [0.3, 0.4) is 0 Å². The molecule has 0 atom stereocenters. The summed E-state index contributed by atoms with van der Waals surface area (Å²) in [4.78, 5) is 31.6. The van der Waals surface area contributed by atoms with Crippen LogP contribution in [-0.4, -0.2) is 26.9 Å². The molecule has 0 saturated heterocycles. The molecule has 0 unspecified atom stereocenters. The number of nitrogens with one attached hydrogen (secondary N) is 2. The van der Waals surface area contributed by atoms with E-state index in [0.29, 0.717) is 11.7 Å². The van der Waals surface area contributed by atoms with Gasteiger partial charge in [0, 0.05) is 30.0 Å². The Balaban J connectivity index is 1.45. The predicted molar refractivity (Wildman–Crippen MR) is 85.8 cm³/mol. The fourth-order valence-corrected chi connectivity index (χ4v) is 2.47. The number of hydrogen-bond donors (Lipinski definition) is 2. The number of pyridine rings is 1. The van der Waals surface area contributed by atoms with Gasteiger partial charge in [0.25, 0.3) is 5.91 Å². The normalized spacial score (nSPS) is 10.3. The van der Waals surface area contributed by atoms with Crippen molar-refractivity contribution in [1.82, 2.24) is 26.0 Å². The van der Waals surface area contributed by atoms with Crippen molar-refractivity contribution >= 4 is 23.2 Å². The van der Waals surface area contributed by atoms with Crippen LogP contribution in [0.2, 0.25) is 0 Å². The van der Waals surface area contributed by atoms with Crippen molar-refractivity contribution in [2.24, 2.45) is 0 Å². The van der Waals surface area contributed by atoms with E-state index in [9.17, 15) is 9.59 Å². The fraction of sp³-hybridized carbons (Fsp3) is 0.133. The average Bonchev–Trinajstić information content (AvgIpc) is 3.29. The lowest BCUT2D eigenvalue weighted by atomic mass is 10.3.